The van der Waals surface area contributed by atoms with Crippen molar-refractivity contribution in [3.63, 3.8) is 0 Å². The molecule has 5 rings (SSSR count). The number of piperidine rings is 1. The van der Waals surface area contributed by atoms with Gasteiger partial charge in [-0.3, -0.25) is 9.78 Å². The molecule has 188 valence electrons. The largest absolute Gasteiger partial charge is 0.351 e. The first kappa shape index (κ1) is 24.2. The van der Waals surface area contributed by atoms with Gasteiger partial charge in [-0.25, -0.2) is 9.97 Å². The predicted octanol–water partition coefficient (Wildman–Crippen LogP) is 4.18. The number of nitrogens with zero attached hydrogens (tertiary/aromatic N) is 5. The topological polar surface area (TPSA) is 74.2 Å². The normalized spacial score (nSPS) is 29.5. The zero-order valence-corrected chi connectivity index (χ0v) is 21.7. The lowest BCUT2D eigenvalue weighted by Crippen LogP contribution is -2.50. The van der Waals surface area contributed by atoms with Gasteiger partial charge in [0.25, 0.3) is 0 Å². The van der Waals surface area contributed by atoms with E-state index in [1.54, 1.807) is 0 Å². The predicted molar refractivity (Wildman–Crippen MR) is 138 cm³/mol. The van der Waals surface area contributed by atoms with E-state index in [9.17, 15) is 4.79 Å². The van der Waals surface area contributed by atoms with Crippen molar-refractivity contribution in [2.45, 2.75) is 83.8 Å². The summed E-state index contributed by atoms with van der Waals surface area (Å²) in [5, 5.41) is 3.57. The van der Waals surface area contributed by atoms with Crippen LogP contribution in [0.5, 0.6) is 0 Å². The van der Waals surface area contributed by atoms with Gasteiger partial charge >= 0.3 is 0 Å². The lowest BCUT2D eigenvalue weighted by Gasteiger charge is -2.41. The summed E-state index contributed by atoms with van der Waals surface area (Å²) in [5.41, 5.74) is 4.35. The molecule has 4 heterocycles. The highest BCUT2D eigenvalue weighted by atomic mass is 16.2. The molecule has 7 heteroatoms. The van der Waals surface area contributed by atoms with Crippen molar-refractivity contribution in [3.8, 4) is 0 Å². The van der Waals surface area contributed by atoms with Gasteiger partial charge in [0.05, 0.1) is 12.2 Å². The quantitative estimate of drug-likeness (QED) is 0.714. The molecule has 1 saturated heterocycles. The van der Waals surface area contributed by atoms with Crippen LogP contribution < -0.4 is 5.32 Å². The lowest BCUT2D eigenvalue weighted by molar-refractivity contribution is -0.141. The molecule has 2 aromatic heterocycles. The summed E-state index contributed by atoms with van der Waals surface area (Å²) in [7, 11) is 2.15. The Morgan fingerprint density at radius 3 is 2.60 bits per heavy atom. The van der Waals surface area contributed by atoms with Gasteiger partial charge in [0.15, 0.2) is 0 Å². The molecule has 0 unspecified atom stereocenters. The highest BCUT2D eigenvalue weighted by Gasteiger charge is 2.39. The Morgan fingerprint density at radius 2 is 1.86 bits per heavy atom. The van der Waals surface area contributed by atoms with Crippen LogP contribution in [0.25, 0.3) is 0 Å². The Kier molecular flexibility index (Phi) is 7.05. The lowest BCUT2D eigenvalue weighted by atomic mass is 9.79. The monoisotopic (exact) mass is 476 g/mol. The number of anilines is 1. The van der Waals surface area contributed by atoms with Crippen LogP contribution in [0, 0.1) is 18.8 Å². The second-order valence-electron chi connectivity index (χ2n) is 11.3. The van der Waals surface area contributed by atoms with E-state index in [2.05, 4.69) is 58.1 Å². The van der Waals surface area contributed by atoms with Crippen molar-refractivity contribution in [1.29, 1.82) is 0 Å². The first-order chi connectivity index (χ1) is 16.9. The average molecular weight is 477 g/mol. The van der Waals surface area contributed by atoms with Crippen molar-refractivity contribution in [2.24, 2.45) is 11.8 Å². The zero-order chi connectivity index (χ0) is 24.5. The highest BCUT2D eigenvalue weighted by molar-refractivity contribution is 5.80. The molecule has 0 spiro atoms. The first-order valence-electron chi connectivity index (χ1n) is 13.4. The summed E-state index contributed by atoms with van der Waals surface area (Å²) in [6, 6.07) is 4.81. The maximum Gasteiger partial charge on any atom is 0.227 e. The smallest absolute Gasteiger partial charge is 0.227 e. The van der Waals surface area contributed by atoms with Gasteiger partial charge in [0.1, 0.15) is 0 Å². The van der Waals surface area contributed by atoms with Crippen LogP contribution in [0.15, 0.2) is 24.5 Å². The third-order valence-corrected chi connectivity index (χ3v) is 8.45. The number of amides is 1. The Balaban J connectivity index is 1.33. The van der Waals surface area contributed by atoms with Crippen molar-refractivity contribution < 1.29 is 4.79 Å². The number of fused-ring (bicyclic) bond motifs is 1. The van der Waals surface area contributed by atoms with Gasteiger partial charge in [0, 0.05) is 48.6 Å². The molecule has 2 aliphatic heterocycles. The SMILES string of the molecule is Cc1ccc([C@H]2CN(C)CC[C@@H]2C(=O)N2Cc3nc(NC4CCC(C)CC4)ncc3C[C@H]2C)cn1. The number of rotatable bonds is 4. The van der Waals surface area contributed by atoms with Crippen molar-refractivity contribution in [3.05, 3.63) is 47.0 Å². The van der Waals surface area contributed by atoms with E-state index in [1.807, 2.05) is 19.3 Å². The molecule has 7 nitrogen and oxygen atoms in total. The minimum absolute atomic E-state index is 0.0247. The van der Waals surface area contributed by atoms with Crippen LogP contribution in [0.2, 0.25) is 0 Å². The first-order valence-corrected chi connectivity index (χ1v) is 13.4. The van der Waals surface area contributed by atoms with Crippen molar-refractivity contribution in [2.75, 3.05) is 25.5 Å². The van der Waals surface area contributed by atoms with Crippen LogP contribution in [-0.4, -0.2) is 62.9 Å². The summed E-state index contributed by atoms with van der Waals surface area (Å²) < 4.78 is 0. The van der Waals surface area contributed by atoms with E-state index in [4.69, 9.17) is 4.98 Å². The fourth-order valence-electron chi connectivity index (χ4n) is 6.11. The minimum Gasteiger partial charge on any atom is -0.351 e. The molecule has 0 radical (unpaired) electrons. The van der Waals surface area contributed by atoms with Gasteiger partial charge in [-0.05, 0) is 89.1 Å². The molecule has 2 aromatic rings. The van der Waals surface area contributed by atoms with Crippen LogP contribution in [0.1, 0.15) is 74.4 Å². The van der Waals surface area contributed by atoms with Gasteiger partial charge in [-0.2, -0.15) is 0 Å². The fraction of sp³-hybridized carbons (Fsp3) is 0.643. The number of nitrogens with one attached hydrogen (secondary N) is 1. The van der Waals surface area contributed by atoms with E-state index in [0.29, 0.717) is 18.5 Å². The number of hydrogen-bond donors (Lipinski definition) is 1. The molecule has 0 aromatic carbocycles. The zero-order valence-electron chi connectivity index (χ0n) is 21.7. The van der Waals surface area contributed by atoms with Gasteiger partial charge in [-0.1, -0.05) is 13.0 Å². The fourth-order valence-corrected chi connectivity index (χ4v) is 6.11. The standard InChI is InChI=1S/C28H40N6O/c1-18-5-9-23(10-6-18)31-28-30-15-22-13-20(3)34(17-26(22)32-28)27(35)24-11-12-33(4)16-25(24)21-8-7-19(2)29-14-21/h7-8,14-15,18,20,23-25H,5-6,9-13,16-17H2,1-4H3,(H,30,31,32)/t18?,20-,23?,24+,25-/m1/s1. The number of carbonyl (C=O) groups excluding carboxylic acids is 1. The van der Waals surface area contributed by atoms with Crippen LogP contribution >= 0.6 is 0 Å². The number of aromatic nitrogens is 3. The van der Waals surface area contributed by atoms with Gasteiger partial charge < -0.3 is 15.1 Å². The van der Waals surface area contributed by atoms with Gasteiger partial charge in [0.2, 0.25) is 11.9 Å². The minimum atomic E-state index is -0.0247. The van der Waals surface area contributed by atoms with Gasteiger partial charge in [-0.15, -0.1) is 0 Å². The summed E-state index contributed by atoms with van der Waals surface area (Å²) in [5.74, 6) is 1.93. The molecule has 1 N–H and O–H groups in total. The molecule has 3 atom stereocenters. The summed E-state index contributed by atoms with van der Waals surface area (Å²) >= 11 is 0. The number of likely N-dealkylation sites (tertiary alicyclic amines) is 1. The Labute approximate surface area is 209 Å². The average Bonchev–Trinajstić information content (AvgIpc) is 2.85. The summed E-state index contributed by atoms with van der Waals surface area (Å²) in [6.45, 7) is 8.90. The second-order valence-corrected chi connectivity index (χ2v) is 11.3. The second kappa shape index (κ2) is 10.2. The molecular formula is C28H40N6O. The number of likely N-dealkylation sites (N-methyl/N-ethyl adjacent to an activating group) is 1. The molecular weight excluding hydrogens is 436 g/mol. The van der Waals surface area contributed by atoms with Crippen LogP contribution in [-0.2, 0) is 17.8 Å². The van der Waals surface area contributed by atoms with Crippen molar-refractivity contribution in [1.82, 2.24) is 24.8 Å². The number of carbonyl (C=O) groups is 1. The van der Waals surface area contributed by atoms with E-state index in [-0.39, 0.29) is 23.8 Å². The molecule has 3 aliphatic rings. The van der Waals surface area contributed by atoms with Crippen LogP contribution in [0.4, 0.5) is 5.95 Å². The molecule has 1 amide bonds. The van der Waals surface area contributed by atoms with E-state index in [1.165, 1.54) is 36.8 Å². The summed E-state index contributed by atoms with van der Waals surface area (Å²) in [6.07, 6.45) is 10.5. The summed E-state index contributed by atoms with van der Waals surface area (Å²) in [4.78, 5) is 32.5. The third-order valence-electron chi connectivity index (χ3n) is 8.45. The van der Waals surface area contributed by atoms with Crippen molar-refractivity contribution >= 4 is 11.9 Å². The van der Waals surface area contributed by atoms with E-state index < -0.39 is 0 Å². The van der Waals surface area contributed by atoms with Crippen LogP contribution in [0.3, 0.4) is 0 Å². The van der Waals surface area contributed by atoms with E-state index in [0.717, 1.165) is 43.2 Å². The molecule has 1 saturated carbocycles. The molecule has 2 fully saturated rings. The maximum atomic E-state index is 14.0. The Morgan fingerprint density at radius 1 is 1.06 bits per heavy atom. The molecule has 35 heavy (non-hydrogen) atoms. The molecule has 1 aliphatic carbocycles. The maximum absolute atomic E-state index is 14.0. The highest BCUT2D eigenvalue weighted by Crippen LogP contribution is 2.35. The number of aryl methyl sites for hydroxylation is 1. The Bertz CT molecular complexity index is 1030. The third kappa shape index (κ3) is 5.35. The number of hydrogen-bond acceptors (Lipinski definition) is 6. The Hall–Kier alpha value is -2.54. The number of pyridine rings is 1. The molecule has 0 bridgehead atoms. The van der Waals surface area contributed by atoms with E-state index >= 15 is 0 Å².